The number of rotatable bonds is 2. The van der Waals surface area contributed by atoms with Gasteiger partial charge in [-0.05, 0) is 18.2 Å². The molecule has 2 nitrogen and oxygen atoms in total. The molecule has 0 amide bonds. The molecule has 0 aromatic carbocycles. The van der Waals surface area contributed by atoms with Crippen molar-refractivity contribution in [3.63, 3.8) is 0 Å². The Morgan fingerprint density at radius 2 is 2.57 bits per heavy atom. The summed E-state index contributed by atoms with van der Waals surface area (Å²) in [6.07, 6.45) is 0.637. The first-order valence-electron chi connectivity index (χ1n) is 2.04. The van der Waals surface area contributed by atoms with Gasteiger partial charge >= 0.3 is 0 Å². The zero-order chi connectivity index (χ0) is 5.70. The summed E-state index contributed by atoms with van der Waals surface area (Å²) in [5.41, 5.74) is -0.495. The topological polar surface area (TPSA) is 44.0 Å². The predicted molar refractivity (Wildman–Crippen MR) is 29.5 cm³/mol. The molecule has 1 unspecified atom stereocenters. The smallest absolute Gasteiger partial charge is 0.136 e. The van der Waals surface area contributed by atoms with Crippen molar-refractivity contribution in [2.45, 2.75) is 18.8 Å². The van der Waals surface area contributed by atoms with E-state index in [1.807, 2.05) is 6.92 Å². The summed E-state index contributed by atoms with van der Waals surface area (Å²) in [6.45, 7) is 1.83. The minimum atomic E-state index is -0.495. The standard InChI is InChI=1S/C4H7NOS/c1-2-4(6)7-3-5/h4,6H,2H2,1H3. The average molecular weight is 117 g/mol. The zero-order valence-corrected chi connectivity index (χ0v) is 4.90. The molecule has 0 rings (SSSR count). The number of thiocyanates is 1. The number of aliphatic hydroxyl groups is 1. The molecule has 0 aromatic heterocycles. The van der Waals surface area contributed by atoms with Gasteiger partial charge in [-0.15, -0.1) is 0 Å². The molecular weight excluding hydrogens is 110 g/mol. The second kappa shape index (κ2) is 3.97. The van der Waals surface area contributed by atoms with Crippen LogP contribution in [0.3, 0.4) is 0 Å². The van der Waals surface area contributed by atoms with Gasteiger partial charge in [0.25, 0.3) is 0 Å². The van der Waals surface area contributed by atoms with E-state index in [9.17, 15) is 0 Å². The highest BCUT2D eigenvalue weighted by molar-refractivity contribution is 8.04. The summed E-state index contributed by atoms with van der Waals surface area (Å²) < 4.78 is 0. The van der Waals surface area contributed by atoms with Crippen LogP contribution in [0.1, 0.15) is 13.3 Å². The maximum absolute atomic E-state index is 8.60. The van der Waals surface area contributed by atoms with E-state index in [1.165, 1.54) is 0 Å². The molecule has 1 atom stereocenters. The largest absolute Gasteiger partial charge is 0.381 e. The molecule has 0 aromatic rings. The molecule has 0 aliphatic rings. The summed E-state index contributed by atoms with van der Waals surface area (Å²) in [5, 5.41) is 18.3. The van der Waals surface area contributed by atoms with E-state index in [0.717, 1.165) is 11.8 Å². The fourth-order valence-corrected chi connectivity index (χ4v) is 0.433. The van der Waals surface area contributed by atoms with E-state index in [-0.39, 0.29) is 0 Å². The van der Waals surface area contributed by atoms with Crippen molar-refractivity contribution in [3.8, 4) is 5.40 Å². The second-order valence-electron chi connectivity index (χ2n) is 1.07. The Kier molecular flexibility index (Phi) is 3.86. The molecule has 0 saturated carbocycles. The molecule has 3 heteroatoms. The summed E-state index contributed by atoms with van der Waals surface area (Å²) in [7, 11) is 0. The highest BCUT2D eigenvalue weighted by Crippen LogP contribution is 2.07. The van der Waals surface area contributed by atoms with E-state index < -0.39 is 5.44 Å². The van der Waals surface area contributed by atoms with Crippen LogP contribution in [0.5, 0.6) is 0 Å². The SMILES string of the molecule is CCC(O)SC#N. The van der Waals surface area contributed by atoms with E-state index in [2.05, 4.69) is 0 Å². The maximum atomic E-state index is 8.60. The third-order valence-electron chi connectivity index (χ3n) is 0.538. The van der Waals surface area contributed by atoms with Gasteiger partial charge in [0.1, 0.15) is 10.8 Å². The molecule has 0 aliphatic heterocycles. The van der Waals surface area contributed by atoms with Gasteiger partial charge in [0.2, 0.25) is 0 Å². The Hall–Kier alpha value is -0.200. The van der Waals surface area contributed by atoms with E-state index in [4.69, 9.17) is 10.4 Å². The first-order chi connectivity index (χ1) is 3.31. The van der Waals surface area contributed by atoms with Gasteiger partial charge in [-0.25, -0.2) is 0 Å². The van der Waals surface area contributed by atoms with Crippen LogP contribution in [0, 0.1) is 10.7 Å². The number of hydrogen-bond donors (Lipinski definition) is 1. The summed E-state index contributed by atoms with van der Waals surface area (Å²) in [5.74, 6) is 0. The second-order valence-corrected chi connectivity index (χ2v) is 2.03. The number of nitrogens with zero attached hydrogens (tertiary/aromatic N) is 1. The third kappa shape index (κ3) is 3.64. The normalized spacial score (nSPS) is 12.7. The number of hydrogen-bond acceptors (Lipinski definition) is 3. The highest BCUT2D eigenvalue weighted by Gasteiger charge is 1.95. The lowest BCUT2D eigenvalue weighted by molar-refractivity contribution is 0.260. The lowest BCUT2D eigenvalue weighted by Gasteiger charge is -1.95. The van der Waals surface area contributed by atoms with E-state index in [1.54, 1.807) is 5.40 Å². The summed E-state index contributed by atoms with van der Waals surface area (Å²) in [6, 6.07) is 0. The van der Waals surface area contributed by atoms with Crippen molar-refractivity contribution in [3.05, 3.63) is 0 Å². The maximum Gasteiger partial charge on any atom is 0.136 e. The molecule has 0 spiro atoms. The van der Waals surface area contributed by atoms with Gasteiger partial charge < -0.3 is 5.11 Å². The van der Waals surface area contributed by atoms with Crippen LogP contribution in [0.15, 0.2) is 0 Å². The van der Waals surface area contributed by atoms with Crippen LogP contribution < -0.4 is 0 Å². The summed E-state index contributed by atoms with van der Waals surface area (Å²) in [4.78, 5) is 0. The van der Waals surface area contributed by atoms with Gasteiger partial charge in [0.15, 0.2) is 0 Å². The van der Waals surface area contributed by atoms with Crippen molar-refractivity contribution < 1.29 is 5.11 Å². The Morgan fingerprint density at radius 3 is 2.71 bits per heavy atom. The lowest BCUT2D eigenvalue weighted by Crippen LogP contribution is -1.93. The van der Waals surface area contributed by atoms with Crippen molar-refractivity contribution >= 4 is 11.8 Å². The van der Waals surface area contributed by atoms with Crippen molar-refractivity contribution in [2.75, 3.05) is 0 Å². The van der Waals surface area contributed by atoms with Crippen molar-refractivity contribution in [1.82, 2.24) is 0 Å². The monoisotopic (exact) mass is 117 g/mol. The Labute approximate surface area is 47.1 Å². The first-order valence-corrected chi connectivity index (χ1v) is 2.92. The van der Waals surface area contributed by atoms with Gasteiger partial charge in [-0.1, -0.05) is 6.92 Å². The molecule has 0 heterocycles. The van der Waals surface area contributed by atoms with E-state index >= 15 is 0 Å². The number of aliphatic hydroxyl groups excluding tert-OH is 1. The van der Waals surface area contributed by atoms with Gasteiger partial charge in [-0.2, -0.15) is 5.26 Å². The van der Waals surface area contributed by atoms with Crippen LogP contribution in [0.2, 0.25) is 0 Å². The van der Waals surface area contributed by atoms with Crippen LogP contribution in [0.25, 0.3) is 0 Å². The first kappa shape index (κ1) is 6.80. The average Bonchev–Trinajstić information content (AvgIpc) is 1.68. The molecule has 40 valence electrons. The molecule has 0 aliphatic carbocycles. The van der Waals surface area contributed by atoms with Crippen LogP contribution in [-0.4, -0.2) is 10.5 Å². The molecule has 1 N–H and O–H groups in total. The van der Waals surface area contributed by atoms with Gasteiger partial charge in [0, 0.05) is 0 Å². The molecule has 0 bridgehead atoms. The van der Waals surface area contributed by atoms with Gasteiger partial charge in [-0.3, -0.25) is 0 Å². The molecular formula is C4H7NOS. The van der Waals surface area contributed by atoms with Crippen LogP contribution >= 0.6 is 11.8 Å². The molecule has 0 fully saturated rings. The Morgan fingerprint density at radius 1 is 2.00 bits per heavy atom. The third-order valence-corrected chi connectivity index (χ3v) is 1.25. The summed E-state index contributed by atoms with van der Waals surface area (Å²) >= 11 is 0.892. The van der Waals surface area contributed by atoms with Crippen molar-refractivity contribution in [1.29, 1.82) is 5.26 Å². The number of nitriles is 1. The fraction of sp³-hybridized carbons (Fsp3) is 0.750. The Bertz CT molecular complexity index is 78.2. The molecule has 0 radical (unpaired) electrons. The van der Waals surface area contributed by atoms with Crippen molar-refractivity contribution in [2.24, 2.45) is 0 Å². The number of thioether (sulfide) groups is 1. The minimum absolute atomic E-state index is 0.495. The van der Waals surface area contributed by atoms with E-state index in [0.29, 0.717) is 6.42 Å². The predicted octanol–water partition coefficient (Wildman–Crippen LogP) is 0.929. The zero-order valence-electron chi connectivity index (χ0n) is 4.09. The quantitative estimate of drug-likeness (QED) is 0.432. The minimum Gasteiger partial charge on any atom is -0.381 e. The van der Waals surface area contributed by atoms with Gasteiger partial charge in [0.05, 0.1) is 0 Å². The van der Waals surface area contributed by atoms with Crippen LogP contribution in [0.4, 0.5) is 0 Å². The Balaban J connectivity index is 3.03. The lowest BCUT2D eigenvalue weighted by atomic mass is 10.5. The fourth-order valence-electron chi connectivity index (χ4n) is 0.144. The molecule has 7 heavy (non-hydrogen) atoms. The highest BCUT2D eigenvalue weighted by atomic mass is 32.2. The molecule has 0 saturated heterocycles. The van der Waals surface area contributed by atoms with Crippen LogP contribution in [-0.2, 0) is 0 Å².